The lowest BCUT2D eigenvalue weighted by Crippen LogP contribution is -2.37. The first-order valence-electron chi connectivity index (χ1n) is 7.95. The van der Waals surface area contributed by atoms with Gasteiger partial charge in [-0.05, 0) is 43.0 Å². The third kappa shape index (κ3) is 3.07. The Hall–Kier alpha value is -2.36. The normalized spacial score (nSPS) is 15.0. The maximum Gasteiger partial charge on any atom is 0.233 e. The second-order valence-corrected chi connectivity index (χ2v) is 6.11. The van der Waals surface area contributed by atoms with Crippen molar-refractivity contribution in [1.29, 1.82) is 0 Å². The molecule has 1 aromatic carbocycles. The number of amides is 1. The quantitative estimate of drug-likeness (QED) is 0.824. The van der Waals surface area contributed by atoms with Crippen LogP contribution in [0.3, 0.4) is 0 Å². The zero-order chi connectivity index (χ0) is 16.3. The van der Waals surface area contributed by atoms with Crippen molar-refractivity contribution in [2.75, 3.05) is 20.7 Å². The summed E-state index contributed by atoms with van der Waals surface area (Å²) in [6, 6.07) is 11.8. The van der Waals surface area contributed by atoms with E-state index in [4.69, 9.17) is 4.74 Å². The van der Waals surface area contributed by atoms with Crippen molar-refractivity contribution < 1.29 is 9.53 Å². The molecule has 0 saturated heterocycles. The van der Waals surface area contributed by atoms with E-state index in [2.05, 4.69) is 4.98 Å². The molecule has 2 aromatic rings. The molecule has 4 heteroatoms. The molecule has 0 atom stereocenters. The Labute approximate surface area is 137 Å². The highest BCUT2D eigenvalue weighted by atomic mass is 16.5. The SMILES string of the molecule is COc1ccccc1C1(C(=O)N(C)CCc2ccncc2)CC1. The van der Waals surface area contributed by atoms with Crippen LogP contribution in [0, 0.1) is 0 Å². The molecule has 1 fully saturated rings. The number of aromatic nitrogens is 1. The van der Waals surface area contributed by atoms with Crippen LogP contribution in [0.15, 0.2) is 48.8 Å². The molecule has 1 aliphatic rings. The van der Waals surface area contributed by atoms with Gasteiger partial charge >= 0.3 is 0 Å². The van der Waals surface area contributed by atoms with E-state index >= 15 is 0 Å². The van der Waals surface area contributed by atoms with Crippen LogP contribution in [0.2, 0.25) is 0 Å². The van der Waals surface area contributed by atoms with E-state index in [1.807, 2.05) is 48.3 Å². The minimum absolute atomic E-state index is 0.191. The van der Waals surface area contributed by atoms with Crippen LogP contribution in [0.4, 0.5) is 0 Å². The van der Waals surface area contributed by atoms with Crippen LogP contribution in [0.5, 0.6) is 5.75 Å². The topological polar surface area (TPSA) is 42.4 Å². The highest BCUT2D eigenvalue weighted by molar-refractivity contribution is 5.92. The lowest BCUT2D eigenvalue weighted by molar-refractivity contribution is -0.132. The van der Waals surface area contributed by atoms with Gasteiger partial charge in [0.1, 0.15) is 5.75 Å². The highest BCUT2D eigenvalue weighted by Gasteiger charge is 2.53. The number of para-hydroxylation sites is 1. The Morgan fingerprint density at radius 1 is 1.22 bits per heavy atom. The molecule has 0 unspecified atom stereocenters. The first-order chi connectivity index (χ1) is 11.2. The molecule has 0 aliphatic heterocycles. The lowest BCUT2D eigenvalue weighted by Gasteiger charge is -2.25. The van der Waals surface area contributed by atoms with E-state index in [9.17, 15) is 4.79 Å². The van der Waals surface area contributed by atoms with E-state index in [1.165, 1.54) is 5.56 Å². The number of nitrogens with zero attached hydrogens (tertiary/aromatic N) is 2. The van der Waals surface area contributed by atoms with Crippen molar-refractivity contribution in [3.63, 3.8) is 0 Å². The standard InChI is InChI=1S/C19H22N2O2/c1-21(14-9-15-7-12-20-13-8-15)18(22)19(10-11-19)16-5-3-4-6-17(16)23-2/h3-8,12-13H,9-11,14H2,1-2H3. The molecule has 0 N–H and O–H groups in total. The number of carbonyl (C=O) groups excluding carboxylic acids is 1. The molecule has 1 aliphatic carbocycles. The maximum absolute atomic E-state index is 13.0. The van der Waals surface area contributed by atoms with Gasteiger partial charge in [0.25, 0.3) is 0 Å². The zero-order valence-electron chi connectivity index (χ0n) is 13.7. The van der Waals surface area contributed by atoms with Gasteiger partial charge in [-0.1, -0.05) is 18.2 Å². The second kappa shape index (κ2) is 6.41. The number of hydrogen-bond donors (Lipinski definition) is 0. The average Bonchev–Trinajstić information content (AvgIpc) is 3.41. The van der Waals surface area contributed by atoms with Crippen LogP contribution >= 0.6 is 0 Å². The summed E-state index contributed by atoms with van der Waals surface area (Å²) in [4.78, 5) is 18.8. The summed E-state index contributed by atoms with van der Waals surface area (Å²) < 4.78 is 5.45. The largest absolute Gasteiger partial charge is 0.496 e. The zero-order valence-corrected chi connectivity index (χ0v) is 13.7. The monoisotopic (exact) mass is 310 g/mol. The first kappa shape index (κ1) is 15.5. The van der Waals surface area contributed by atoms with E-state index in [1.54, 1.807) is 19.5 Å². The molecule has 1 heterocycles. The Morgan fingerprint density at radius 2 is 1.91 bits per heavy atom. The smallest absolute Gasteiger partial charge is 0.233 e. The fraction of sp³-hybridized carbons (Fsp3) is 0.368. The van der Waals surface area contributed by atoms with Crippen molar-refractivity contribution in [3.05, 3.63) is 59.9 Å². The molecule has 3 rings (SSSR count). The van der Waals surface area contributed by atoms with Gasteiger partial charge in [0, 0.05) is 31.5 Å². The van der Waals surface area contributed by atoms with Gasteiger partial charge in [0.05, 0.1) is 12.5 Å². The van der Waals surface area contributed by atoms with E-state index < -0.39 is 0 Å². The summed E-state index contributed by atoms with van der Waals surface area (Å²) in [6.45, 7) is 0.708. The van der Waals surface area contributed by atoms with Crippen molar-refractivity contribution in [2.24, 2.45) is 0 Å². The van der Waals surface area contributed by atoms with Crippen LogP contribution in [-0.2, 0) is 16.6 Å². The van der Waals surface area contributed by atoms with Gasteiger partial charge in [-0.3, -0.25) is 9.78 Å². The summed E-state index contributed by atoms with van der Waals surface area (Å²) in [5.74, 6) is 0.997. The number of ether oxygens (including phenoxy) is 1. The van der Waals surface area contributed by atoms with Gasteiger partial charge in [0.2, 0.25) is 5.91 Å². The Bertz CT molecular complexity index is 681. The number of pyridine rings is 1. The van der Waals surface area contributed by atoms with Crippen LogP contribution in [0.1, 0.15) is 24.0 Å². The number of carbonyl (C=O) groups is 1. The summed E-state index contributed by atoms with van der Waals surface area (Å²) >= 11 is 0. The molecule has 1 saturated carbocycles. The maximum atomic E-state index is 13.0. The molecule has 23 heavy (non-hydrogen) atoms. The van der Waals surface area contributed by atoms with E-state index in [-0.39, 0.29) is 11.3 Å². The van der Waals surface area contributed by atoms with Crippen molar-refractivity contribution in [1.82, 2.24) is 9.88 Å². The fourth-order valence-electron chi connectivity index (χ4n) is 3.08. The van der Waals surface area contributed by atoms with Gasteiger partial charge in [-0.25, -0.2) is 0 Å². The van der Waals surface area contributed by atoms with Crippen molar-refractivity contribution >= 4 is 5.91 Å². The highest BCUT2D eigenvalue weighted by Crippen LogP contribution is 2.52. The Balaban J connectivity index is 1.72. The van der Waals surface area contributed by atoms with Crippen LogP contribution in [0.25, 0.3) is 0 Å². The number of rotatable bonds is 6. The molecule has 1 amide bonds. The Morgan fingerprint density at radius 3 is 2.57 bits per heavy atom. The predicted molar refractivity (Wildman–Crippen MR) is 89.5 cm³/mol. The van der Waals surface area contributed by atoms with E-state index in [0.29, 0.717) is 6.54 Å². The molecule has 1 aromatic heterocycles. The lowest BCUT2D eigenvalue weighted by atomic mass is 9.93. The number of benzene rings is 1. The van der Waals surface area contributed by atoms with Gasteiger partial charge in [0.15, 0.2) is 0 Å². The molecular weight excluding hydrogens is 288 g/mol. The molecule has 120 valence electrons. The van der Waals surface area contributed by atoms with Crippen molar-refractivity contribution in [2.45, 2.75) is 24.7 Å². The minimum atomic E-state index is -0.389. The minimum Gasteiger partial charge on any atom is -0.496 e. The number of hydrogen-bond acceptors (Lipinski definition) is 3. The third-order valence-corrected chi connectivity index (χ3v) is 4.61. The van der Waals surface area contributed by atoms with Crippen LogP contribution in [-0.4, -0.2) is 36.5 Å². The number of likely N-dealkylation sites (N-methyl/N-ethyl adjacent to an activating group) is 1. The molecule has 0 bridgehead atoms. The van der Waals surface area contributed by atoms with Gasteiger partial charge in [-0.2, -0.15) is 0 Å². The van der Waals surface area contributed by atoms with Crippen molar-refractivity contribution in [3.8, 4) is 5.75 Å². The molecule has 0 radical (unpaired) electrons. The summed E-state index contributed by atoms with van der Waals surface area (Å²) in [7, 11) is 3.55. The van der Waals surface area contributed by atoms with Crippen LogP contribution < -0.4 is 4.74 Å². The summed E-state index contributed by atoms with van der Waals surface area (Å²) in [5.41, 5.74) is 1.82. The summed E-state index contributed by atoms with van der Waals surface area (Å²) in [5, 5.41) is 0. The molecule has 0 spiro atoms. The third-order valence-electron chi connectivity index (χ3n) is 4.61. The van der Waals surface area contributed by atoms with Gasteiger partial charge < -0.3 is 9.64 Å². The predicted octanol–water partition coefficient (Wildman–Crippen LogP) is 2.82. The fourth-order valence-corrected chi connectivity index (χ4v) is 3.08. The second-order valence-electron chi connectivity index (χ2n) is 6.11. The van der Waals surface area contributed by atoms with E-state index in [0.717, 1.165) is 30.6 Å². The number of methoxy groups -OCH3 is 1. The average molecular weight is 310 g/mol. The summed E-state index contributed by atoms with van der Waals surface area (Å²) in [6.07, 6.45) is 6.20. The van der Waals surface area contributed by atoms with Gasteiger partial charge in [-0.15, -0.1) is 0 Å². The Kier molecular flexibility index (Phi) is 4.33. The molecule has 4 nitrogen and oxygen atoms in total. The molecular formula is C19H22N2O2. The first-order valence-corrected chi connectivity index (χ1v) is 7.95.